The largest absolute Gasteiger partial charge is 0.285 e. The molecule has 22 heavy (non-hydrogen) atoms. The van der Waals surface area contributed by atoms with E-state index >= 15 is 0 Å². The first-order valence-electron chi connectivity index (χ1n) is 7.11. The highest BCUT2D eigenvalue weighted by molar-refractivity contribution is 6.38. The third kappa shape index (κ3) is 3.01. The molecule has 0 heterocycles. The van der Waals surface area contributed by atoms with Crippen molar-refractivity contribution in [3.8, 4) is 0 Å². The van der Waals surface area contributed by atoms with Gasteiger partial charge in [-0.3, -0.25) is 4.99 Å². The standard InChI is InChI=1S/C19H15Cl2N/c1-13(22-12-17-18(20)10-5-11-19(17)21)15-9-4-7-14-6-2-3-8-16(14)15/h2-13H,1H3/t13-/m1/s1. The summed E-state index contributed by atoms with van der Waals surface area (Å²) in [6.45, 7) is 2.07. The van der Waals surface area contributed by atoms with Crippen LogP contribution in [-0.4, -0.2) is 6.21 Å². The Labute approximate surface area is 140 Å². The van der Waals surface area contributed by atoms with Crippen molar-refractivity contribution in [3.05, 3.63) is 81.8 Å². The van der Waals surface area contributed by atoms with E-state index in [1.54, 1.807) is 6.21 Å². The Bertz CT molecular complexity index is 814. The van der Waals surface area contributed by atoms with Crippen molar-refractivity contribution in [3.63, 3.8) is 0 Å². The Morgan fingerprint density at radius 2 is 1.50 bits per heavy atom. The van der Waals surface area contributed by atoms with Crippen LogP contribution < -0.4 is 0 Å². The van der Waals surface area contributed by atoms with Crippen molar-refractivity contribution in [2.24, 2.45) is 4.99 Å². The minimum atomic E-state index is 0.0263. The van der Waals surface area contributed by atoms with Gasteiger partial charge in [-0.25, -0.2) is 0 Å². The summed E-state index contributed by atoms with van der Waals surface area (Å²) in [6.07, 6.45) is 1.76. The second-order valence-electron chi connectivity index (χ2n) is 5.16. The topological polar surface area (TPSA) is 12.4 Å². The van der Waals surface area contributed by atoms with Crippen LogP contribution >= 0.6 is 23.2 Å². The Kier molecular flexibility index (Phi) is 4.47. The van der Waals surface area contributed by atoms with E-state index in [2.05, 4.69) is 42.2 Å². The fourth-order valence-electron chi connectivity index (χ4n) is 2.52. The Hall–Kier alpha value is -1.83. The van der Waals surface area contributed by atoms with Gasteiger partial charge in [0.1, 0.15) is 0 Å². The quantitative estimate of drug-likeness (QED) is 0.498. The molecule has 3 aromatic carbocycles. The first-order chi connectivity index (χ1) is 10.7. The zero-order valence-electron chi connectivity index (χ0n) is 12.1. The second kappa shape index (κ2) is 6.51. The third-order valence-electron chi connectivity index (χ3n) is 3.70. The van der Waals surface area contributed by atoms with Gasteiger partial charge in [0.15, 0.2) is 0 Å². The van der Waals surface area contributed by atoms with E-state index in [1.807, 2.05) is 30.3 Å². The van der Waals surface area contributed by atoms with Crippen molar-refractivity contribution in [1.29, 1.82) is 0 Å². The second-order valence-corrected chi connectivity index (χ2v) is 5.97. The van der Waals surface area contributed by atoms with Gasteiger partial charge in [0.2, 0.25) is 0 Å². The van der Waals surface area contributed by atoms with Gasteiger partial charge in [-0.05, 0) is 35.4 Å². The third-order valence-corrected chi connectivity index (χ3v) is 4.36. The lowest BCUT2D eigenvalue weighted by atomic mass is 10.00. The summed E-state index contributed by atoms with van der Waals surface area (Å²) in [5, 5.41) is 3.67. The Morgan fingerprint density at radius 3 is 2.27 bits per heavy atom. The minimum absolute atomic E-state index is 0.0263. The molecule has 1 nitrogen and oxygen atoms in total. The normalized spacial score (nSPS) is 12.9. The SMILES string of the molecule is C[C@@H](N=Cc1c(Cl)cccc1Cl)c1cccc2ccccc12. The molecule has 0 aromatic heterocycles. The van der Waals surface area contributed by atoms with E-state index in [-0.39, 0.29) is 6.04 Å². The molecule has 0 aliphatic heterocycles. The van der Waals surface area contributed by atoms with Crippen LogP contribution in [0.15, 0.2) is 65.7 Å². The maximum absolute atomic E-state index is 6.18. The molecule has 110 valence electrons. The molecule has 0 bridgehead atoms. The molecule has 0 N–H and O–H groups in total. The van der Waals surface area contributed by atoms with E-state index in [9.17, 15) is 0 Å². The molecule has 0 aliphatic rings. The number of hydrogen-bond acceptors (Lipinski definition) is 1. The predicted octanol–water partition coefficient (Wildman–Crippen LogP) is 6.33. The first-order valence-corrected chi connectivity index (χ1v) is 7.87. The van der Waals surface area contributed by atoms with Crippen LogP contribution in [0.3, 0.4) is 0 Å². The smallest absolute Gasteiger partial charge is 0.0727 e. The minimum Gasteiger partial charge on any atom is -0.285 e. The zero-order valence-corrected chi connectivity index (χ0v) is 13.6. The number of halogens is 2. The van der Waals surface area contributed by atoms with Crippen molar-refractivity contribution in [2.45, 2.75) is 13.0 Å². The van der Waals surface area contributed by atoms with Crippen LogP contribution in [0.25, 0.3) is 10.8 Å². The molecule has 1 atom stereocenters. The highest BCUT2D eigenvalue weighted by Crippen LogP contribution is 2.27. The summed E-state index contributed by atoms with van der Waals surface area (Å²) in [7, 11) is 0. The van der Waals surface area contributed by atoms with Gasteiger partial charge in [0, 0.05) is 11.8 Å². The lowest BCUT2D eigenvalue weighted by molar-refractivity contribution is 0.834. The average Bonchev–Trinajstić information content (AvgIpc) is 2.53. The predicted molar refractivity (Wildman–Crippen MR) is 96.4 cm³/mol. The molecule has 0 amide bonds. The van der Waals surface area contributed by atoms with E-state index in [4.69, 9.17) is 23.2 Å². The molecular formula is C19H15Cl2N. The summed E-state index contributed by atoms with van der Waals surface area (Å²) in [6, 6.07) is 20.1. The van der Waals surface area contributed by atoms with Crippen LogP contribution in [0.1, 0.15) is 24.1 Å². The zero-order chi connectivity index (χ0) is 15.5. The fourth-order valence-corrected chi connectivity index (χ4v) is 3.01. The lowest BCUT2D eigenvalue weighted by Gasteiger charge is -2.11. The van der Waals surface area contributed by atoms with Crippen LogP contribution in [0.4, 0.5) is 0 Å². The summed E-state index contributed by atoms with van der Waals surface area (Å²) in [4.78, 5) is 4.64. The van der Waals surface area contributed by atoms with Crippen LogP contribution in [0, 0.1) is 0 Å². The number of nitrogens with zero attached hydrogens (tertiary/aromatic N) is 1. The van der Waals surface area contributed by atoms with Gasteiger partial charge in [-0.15, -0.1) is 0 Å². The molecule has 0 spiro atoms. The van der Waals surface area contributed by atoms with Gasteiger partial charge in [0.05, 0.1) is 16.1 Å². The van der Waals surface area contributed by atoms with Crippen LogP contribution in [-0.2, 0) is 0 Å². The molecule has 0 saturated heterocycles. The van der Waals surface area contributed by atoms with Crippen molar-refractivity contribution in [1.82, 2.24) is 0 Å². The molecule has 3 rings (SSSR count). The van der Waals surface area contributed by atoms with E-state index in [0.29, 0.717) is 10.0 Å². The van der Waals surface area contributed by atoms with Gasteiger partial charge >= 0.3 is 0 Å². The van der Waals surface area contributed by atoms with Crippen LogP contribution in [0.2, 0.25) is 10.0 Å². The highest BCUT2D eigenvalue weighted by Gasteiger charge is 2.08. The highest BCUT2D eigenvalue weighted by atomic mass is 35.5. The summed E-state index contributed by atoms with van der Waals surface area (Å²) in [5.41, 5.74) is 1.95. The summed E-state index contributed by atoms with van der Waals surface area (Å²) < 4.78 is 0. The summed E-state index contributed by atoms with van der Waals surface area (Å²) >= 11 is 12.4. The molecule has 0 unspecified atom stereocenters. The molecule has 3 heteroatoms. The number of aliphatic imine (C=N–C) groups is 1. The molecule has 0 fully saturated rings. The maximum Gasteiger partial charge on any atom is 0.0727 e. The number of benzene rings is 3. The number of fused-ring (bicyclic) bond motifs is 1. The van der Waals surface area contributed by atoms with E-state index in [1.165, 1.54) is 16.3 Å². The van der Waals surface area contributed by atoms with Crippen molar-refractivity contribution in [2.75, 3.05) is 0 Å². The average molecular weight is 328 g/mol. The molecule has 0 saturated carbocycles. The Balaban J connectivity index is 1.97. The van der Waals surface area contributed by atoms with Gasteiger partial charge in [-0.2, -0.15) is 0 Å². The van der Waals surface area contributed by atoms with Crippen molar-refractivity contribution >= 4 is 40.2 Å². The van der Waals surface area contributed by atoms with Gasteiger partial charge in [-0.1, -0.05) is 71.7 Å². The maximum atomic E-state index is 6.18. The molecule has 0 aliphatic carbocycles. The van der Waals surface area contributed by atoms with Crippen molar-refractivity contribution < 1.29 is 0 Å². The summed E-state index contributed by atoms with van der Waals surface area (Å²) in [5.74, 6) is 0. The van der Waals surface area contributed by atoms with Gasteiger partial charge < -0.3 is 0 Å². The van der Waals surface area contributed by atoms with E-state index < -0.39 is 0 Å². The molecular weight excluding hydrogens is 313 g/mol. The lowest BCUT2D eigenvalue weighted by Crippen LogP contribution is -1.94. The monoisotopic (exact) mass is 327 g/mol. The van der Waals surface area contributed by atoms with E-state index in [0.717, 1.165) is 5.56 Å². The first kappa shape index (κ1) is 15.1. The molecule has 3 aromatic rings. The molecule has 0 radical (unpaired) electrons. The van der Waals surface area contributed by atoms with Crippen LogP contribution in [0.5, 0.6) is 0 Å². The fraction of sp³-hybridized carbons (Fsp3) is 0.105. The Morgan fingerprint density at radius 1 is 0.864 bits per heavy atom. The number of hydrogen-bond donors (Lipinski definition) is 0. The van der Waals surface area contributed by atoms with Gasteiger partial charge in [0.25, 0.3) is 0 Å². The number of rotatable bonds is 3.